The fourth-order valence-electron chi connectivity index (χ4n) is 2.06. The van der Waals surface area contributed by atoms with Crippen molar-refractivity contribution in [3.8, 4) is 0 Å². The number of anilines is 1. The third-order valence-electron chi connectivity index (χ3n) is 3.02. The fraction of sp³-hybridized carbons (Fsp3) is 0.636. The molecule has 1 atom stereocenters. The van der Waals surface area contributed by atoms with Crippen LogP contribution < -0.4 is 4.90 Å². The maximum atomic E-state index is 9.12. The van der Waals surface area contributed by atoms with Gasteiger partial charge in [-0.3, -0.25) is 0 Å². The average molecular weight is 242 g/mol. The monoisotopic (exact) mass is 241 g/mol. The van der Waals surface area contributed by atoms with Gasteiger partial charge < -0.3 is 10.0 Å². The highest BCUT2D eigenvalue weighted by atomic mass is 35.5. The molecule has 16 heavy (non-hydrogen) atoms. The number of aromatic nitrogens is 2. The lowest BCUT2D eigenvalue weighted by atomic mass is 10.1. The molecule has 1 fully saturated rings. The lowest BCUT2D eigenvalue weighted by molar-refractivity contribution is 0.238. The summed E-state index contributed by atoms with van der Waals surface area (Å²) in [6.07, 6.45) is 1.01. The number of aliphatic hydroxyl groups excluding tert-OH is 1. The number of hydrogen-bond acceptors (Lipinski definition) is 4. The normalized spacial score (nSPS) is 20.5. The van der Waals surface area contributed by atoms with Gasteiger partial charge in [0.15, 0.2) is 0 Å². The zero-order valence-electron chi connectivity index (χ0n) is 9.57. The van der Waals surface area contributed by atoms with E-state index in [9.17, 15) is 0 Å². The molecule has 0 amide bonds. The molecule has 1 saturated heterocycles. The molecule has 4 nitrogen and oxygen atoms in total. The second-order valence-corrected chi connectivity index (χ2v) is 4.65. The molecule has 1 aliphatic rings. The Kier molecular flexibility index (Phi) is 3.30. The Labute approximate surface area is 100 Å². The lowest BCUT2D eigenvalue weighted by Gasteiger charge is -2.20. The molecule has 1 aromatic rings. The molecular weight excluding hydrogens is 226 g/mol. The third-order valence-corrected chi connectivity index (χ3v) is 3.38. The van der Waals surface area contributed by atoms with Crippen LogP contribution in [0.5, 0.6) is 0 Å². The zero-order chi connectivity index (χ0) is 11.7. The lowest BCUT2D eigenvalue weighted by Crippen LogP contribution is -2.23. The zero-order valence-corrected chi connectivity index (χ0v) is 10.3. The molecular formula is C11H16ClN3O. The maximum absolute atomic E-state index is 9.12. The topological polar surface area (TPSA) is 49.2 Å². The van der Waals surface area contributed by atoms with E-state index in [2.05, 4.69) is 14.9 Å². The molecule has 2 rings (SSSR count). The number of hydrogen-bond donors (Lipinski definition) is 1. The molecule has 0 saturated carbocycles. The van der Waals surface area contributed by atoms with E-state index in [0.29, 0.717) is 16.9 Å². The molecule has 88 valence electrons. The van der Waals surface area contributed by atoms with Crippen molar-refractivity contribution in [1.29, 1.82) is 0 Å². The van der Waals surface area contributed by atoms with Crippen LogP contribution in [0.15, 0.2) is 0 Å². The van der Waals surface area contributed by atoms with Gasteiger partial charge in [0.1, 0.15) is 16.8 Å². The number of aliphatic hydroxyl groups is 1. The molecule has 2 heterocycles. The van der Waals surface area contributed by atoms with Crippen LogP contribution in [0, 0.1) is 19.8 Å². The van der Waals surface area contributed by atoms with Gasteiger partial charge in [-0.25, -0.2) is 9.97 Å². The summed E-state index contributed by atoms with van der Waals surface area (Å²) < 4.78 is 0. The van der Waals surface area contributed by atoms with Crippen LogP contribution in [0.3, 0.4) is 0 Å². The summed E-state index contributed by atoms with van der Waals surface area (Å²) in [7, 11) is 0. The minimum atomic E-state index is 0.243. The van der Waals surface area contributed by atoms with Crippen LogP contribution in [0.25, 0.3) is 0 Å². The van der Waals surface area contributed by atoms with Gasteiger partial charge in [0, 0.05) is 31.2 Å². The van der Waals surface area contributed by atoms with Gasteiger partial charge in [0.25, 0.3) is 0 Å². The highest BCUT2D eigenvalue weighted by molar-refractivity contribution is 6.30. The first-order valence-corrected chi connectivity index (χ1v) is 5.86. The fourth-order valence-corrected chi connectivity index (χ4v) is 2.27. The van der Waals surface area contributed by atoms with E-state index in [1.165, 1.54) is 0 Å². The number of aryl methyl sites for hydroxylation is 1. The van der Waals surface area contributed by atoms with Crippen LogP contribution in [0.1, 0.15) is 17.8 Å². The Morgan fingerprint density at radius 1 is 1.44 bits per heavy atom. The highest BCUT2D eigenvalue weighted by Crippen LogP contribution is 2.27. The summed E-state index contributed by atoms with van der Waals surface area (Å²) in [6.45, 7) is 5.80. The minimum Gasteiger partial charge on any atom is -0.396 e. The van der Waals surface area contributed by atoms with Gasteiger partial charge in [0.05, 0.1) is 0 Å². The van der Waals surface area contributed by atoms with Crippen molar-refractivity contribution in [3.05, 3.63) is 16.5 Å². The summed E-state index contributed by atoms with van der Waals surface area (Å²) in [5.41, 5.74) is 0.922. The molecule has 1 aromatic heterocycles. The second kappa shape index (κ2) is 4.55. The van der Waals surface area contributed by atoms with Crippen LogP contribution in [-0.2, 0) is 0 Å². The summed E-state index contributed by atoms with van der Waals surface area (Å²) in [5, 5.41) is 9.65. The summed E-state index contributed by atoms with van der Waals surface area (Å²) >= 11 is 6.04. The van der Waals surface area contributed by atoms with Crippen LogP contribution >= 0.6 is 11.6 Å². The molecule has 0 aliphatic carbocycles. The largest absolute Gasteiger partial charge is 0.396 e. The van der Waals surface area contributed by atoms with E-state index in [0.717, 1.165) is 30.9 Å². The SMILES string of the molecule is Cc1nc(Cl)c(C)c(N2CCC(CO)C2)n1. The maximum Gasteiger partial charge on any atom is 0.137 e. The molecule has 0 radical (unpaired) electrons. The molecule has 0 bridgehead atoms. The Hall–Kier alpha value is -0.870. The number of halogens is 1. The van der Waals surface area contributed by atoms with E-state index < -0.39 is 0 Å². The van der Waals surface area contributed by atoms with E-state index >= 15 is 0 Å². The predicted molar refractivity (Wildman–Crippen MR) is 63.9 cm³/mol. The van der Waals surface area contributed by atoms with Crippen molar-refractivity contribution in [1.82, 2.24) is 9.97 Å². The smallest absolute Gasteiger partial charge is 0.137 e. The van der Waals surface area contributed by atoms with Crippen molar-refractivity contribution in [3.63, 3.8) is 0 Å². The van der Waals surface area contributed by atoms with Crippen LogP contribution in [0.4, 0.5) is 5.82 Å². The molecule has 1 unspecified atom stereocenters. The van der Waals surface area contributed by atoms with Crippen molar-refractivity contribution in [2.75, 3.05) is 24.6 Å². The van der Waals surface area contributed by atoms with Gasteiger partial charge in [-0.05, 0) is 20.3 Å². The van der Waals surface area contributed by atoms with Gasteiger partial charge in [-0.15, -0.1) is 0 Å². The first kappa shape index (κ1) is 11.6. The number of rotatable bonds is 2. The quantitative estimate of drug-likeness (QED) is 0.799. The average Bonchev–Trinajstić information content (AvgIpc) is 2.71. The summed E-state index contributed by atoms with van der Waals surface area (Å²) in [6, 6.07) is 0. The van der Waals surface area contributed by atoms with Crippen LogP contribution in [-0.4, -0.2) is 34.8 Å². The Bertz CT molecular complexity index is 397. The molecule has 5 heteroatoms. The van der Waals surface area contributed by atoms with Crippen molar-refractivity contribution in [2.24, 2.45) is 5.92 Å². The van der Waals surface area contributed by atoms with E-state index in [1.54, 1.807) is 0 Å². The Morgan fingerprint density at radius 2 is 2.19 bits per heavy atom. The van der Waals surface area contributed by atoms with Crippen LogP contribution in [0.2, 0.25) is 5.15 Å². The predicted octanol–water partition coefficient (Wildman–Crippen LogP) is 1.57. The number of nitrogens with zero attached hydrogens (tertiary/aromatic N) is 3. The summed E-state index contributed by atoms with van der Waals surface area (Å²) in [5.74, 6) is 1.96. The van der Waals surface area contributed by atoms with Crippen molar-refractivity contribution < 1.29 is 5.11 Å². The van der Waals surface area contributed by atoms with Crippen molar-refractivity contribution >= 4 is 17.4 Å². The minimum absolute atomic E-state index is 0.243. The molecule has 0 spiro atoms. The molecule has 1 N–H and O–H groups in total. The van der Waals surface area contributed by atoms with Gasteiger partial charge in [-0.1, -0.05) is 11.6 Å². The molecule has 1 aliphatic heterocycles. The third kappa shape index (κ3) is 2.13. The Morgan fingerprint density at radius 3 is 2.81 bits per heavy atom. The van der Waals surface area contributed by atoms with Gasteiger partial charge in [0.2, 0.25) is 0 Å². The van der Waals surface area contributed by atoms with Gasteiger partial charge in [-0.2, -0.15) is 0 Å². The second-order valence-electron chi connectivity index (χ2n) is 4.29. The van der Waals surface area contributed by atoms with Crippen molar-refractivity contribution in [2.45, 2.75) is 20.3 Å². The van der Waals surface area contributed by atoms with E-state index in [4.69, 9.17) is 16.7 Å². The molecule has 0 aromatic carbocycles. The van der Waals surface area contributed by atoms with E-state index in [1.807, 2.05) is 13.8 Å². The first-order chi connectivity index (χ1) is 7.61. The standard InChI is InChI=1S/C11H16ClN3O/c1-7-10(12)13-8(2)14-11(7)15-4-3-9(5-15)6-16/h9,16H,3-6H2,1-2H3. The first-order valence-electron chi connectivity index (χ1n) is 5.48. The summed E-state index contributed by atoms with van der Waals surface area (Å²) in [4.78, 5) is 10.7. The van der Waals surface area contributed by atoms with Gasteiger partial charge >= 0.3 is 0 Å². The highest BCUT2D eigenvalue weighted by Gasteiger charge is 2.24. The van der Waals surface area contributed by atoms with E-state index in [-0.39, 0.29) is 6.61 Å². The Balaban J connectivity index is 2.27.